The third kappa shape index (κ3) is 3.42. The zero-order valence-electron chi connectivity index (χ0n) is 12.8. The lowest BCUT2D eigenvalue weighted by Gasteiger charge is -2.31. The summed E-state index contributed by atoms with van der Waals surface area (Å²) in [5.41, 5.74) is 0. The van der Waals surface area contributed by atoms with Crippen LogP contribution in [0.4, 0.5) is 0 Å². The molecule has 2 aromatic rings. The topological polar surface area (TPSA) is 92.5 Å². The number of thiophene rings is 1. The maximum absolute atomic E-state index is 12.7. The number of nitrogens with one attached hydrogen (secondary N) is 1. The van der Waals surface area contributed by atoms with Crippen molar-refractivity contribution in [1.29, 1.82) is 0 Å². The second-order valence-corrected chi connectivity index (χ2v) is 8.62. The van der Waals surface area contributed by atoms with E-state index < -0.39 is 10.0 Å². The standard InChI is InChI=1S/C15H17N3O4S2/c1-2-14(19)17-11-5-7-18(8-6-11)24(20,21)15-4-3-13(23-15)12-9-16-10-22-12/h2-4,9-11H,1,5-8H2,(H,17,19). The molecule has 0 radical (unpaired) electrons. The summed E-state index contributed by atoms with van der Waals surface area (Å²) in [6, 6.07) is 3.29. The molecule has 0 aliphatic carbocycles. The van der Waals surface area contributed by atoms with Crippen molar-refractivity contribution in [1.82, 2.24) is 14.6 Å². The zero-order valence-corrected chi connectivity index (χ0v) is 14.5. The van der Waals surface area contributed by atoms with E-state index in [9.17, 15) is 13.2 Å². The van der Waals surface area contributed by atoms with Crippen molar-refractivity contribution in [2.75, 3.05) is 13.1 Å². The van der Waals surface area contributed by atoms with E-state index in [0.717, 1.165) is 16.2 Å². The van der Waals surface area contributed by atoms with E-state index in [-0.39, 0.29) is 16.2 Å². The predicted octanol–water partition coefficient (Wildman–Crippen LogP) is 1.86. The molecule has 7 nitrogen and oxygen atoms in total. The van der Waals surface area contributed by atoms with Gasteiger partial charge in [0, 0.05) is 19.1 Å². The van der Waals surface area contributed by atoms with Crippen molar-refractivity contribution < 1.29 is 17.6 Å². The van der Waals surface area contributed by atoms with Crippen LogP contribution in [0.2, 0.25) is 0 Å². The first kappa shape index (κ1) is 16.9. The molecule has 1 amide bonds. The Morgan fingerprint density at radius 1 is 1.42 bits per heavy atom. The molecule has 9 heteroatoms. The van der Waals surface area contributed by atoms with Gasteiger partial charge in [0.1, 0.15) is 4.21 Å². The van der Waals surface area contributed by atoms with Gasteiger partial charge in [0.2, 0.25) is 5.91 Å². The summed E-state index contributed by atoms with van der Waals surface area (Å²) in [5, 5.41) is 2.81. The van der Waals surface area contributed by atoms with Crippen molar-refractivity contribution in [2.24, 2.45) is 0 Å². The molecule has 128 valence electrons. The Bertz CT molecular complexity index is 819. The van der Waals surface area contributed by atoms with E-state index in [4.69, 9.17) is 4.42 Å². The van der Waals surface area contributed by atoms with Crippen LogP contribution in [0.3, 0.4) is 0 Å². The van der Waals surface area contributed by atoms with Crippen LogP contribution in [0, 0.1) is 0 Å². The Balaban J connectivity index is 1.68. The second-order valence-electron chi connectivity index (χ2n) is 5.38. The summed E-state index contributed by atoms with van der Waals surface area (Å²) >= 11 is 1.16. The number of nitrogens with zero attached hydrogens (tertiary/aromatic N) is 2. The Labute approximate surface area is 144 Å². The fraction of sp³-hybridized carbons (Fsp3) is 0.333. The van der Waals surface area contributed by atoms with Crippen molar-refractivity contribution in [3.8, 4) is 10.6 Å². The van der Waals surface area contributed by atoms with Crippen molar-refractivity contribution in [3.63, 3.8) is 0 Å². The van der Waals surface area contributed by atoms with Gasteiger partial charge in [0.25, 0.3) is 10.0 Å². The van der Waals surface area contributed by atoms with Gasteiger partial charge in [-0.25, -0.2) is 13.4 Å². The third-order valence-corrected chi connectivity index (χ3v) is 7.30. The highest BCUT2D eigenvalue weighted by molar-refractivity contribution is 7.91. The van der Waals surface area contributed by atoms with Gasteiger partial charge in [-0.05, 0) is 31.1 Å². The lowest BCUT2D eigenvalue weighted by Crippen LogP contribution is -2.46. The molecule has 0 atom stereocenters. The Morgan fingerprint density at radius 2 is 2.17 bits per heavy atom. The molecule has 0 saturated carbocycles. The van der Waals surface area contributed by atoms with E-state index >= 15 is 0 Å². The Morgan fingerprint density at radius 3 is 2.79 bits per heavy atom. The van der Waals surface area contributed by atoms with Gasteiger partial charge < -0.3 is 9.73 Å². The van der Waals surface area contributed by atoms with E-state index in [1.54, 1.807) is 18.3 Å². The lowest BCUT2D eigenvalue weighted by molar-refractivity contribution is -0.117. The molecule has 0 spiro atoms. The van der Waals surface area contributed by atoms with Crippen molar-refractivity contribution >= 4 is 27.3 Å². The highest BCUT2D eigenvalue weighted by Gasteiger charge is 2.31. The number of aromatic nitrogens is 1. The summed E-state index contributed by atoms with van der Waals surface area (Å²) in [7, 11) is -3.53. The number of sulfonamides is 1. The van der Waals surface area contributed by atoms with Gasteiger partial charge in [0.05, 0.1) is 11.1 Å². The predicted molar refractivity (Wildman–Crippen MR) is 89.9 cm³/mol. The molecule has 2 aromatic heterocycles. The number of hydrogen-bond donors (Lipinski definition) is 1. The van der Waals surface area contributed by atoms with Crippen LogP contribution in [-0.4, -0.2) is 42.7 Å². The van der Waals surface area contributed by atoms with Crippen LogP contribution in [0.1, 0.15) is 12.8 Å². The Kier molecular flexibility index (Phi) is 4.83. The molecule has 0 unspecified atom stereocenters. The quantitative estimate of drug-likeness (QED) is 0.814. The highest BCUT2D eigenvalue weighted by atomic mass is 32.2. The van der Waals surface area contributed by atoms with Crippen LogP contribution >= 0.6 is 11.3 Å². The molecule has 0 bridgehead atoms. The van der Waals surface area contributed by atoms with E-state index in [1.807, 2.05) is 0 Å². The normalized spacial score (nSPS) is 16.8. The number of hydrogen-bond acceptors (Lipinski definition) is 6. The molecular weight excluding hydrogens is 350 g/mol. The Hall–Kier alpha value is -1.97. The minimum atomic E-state index is -3.53. The highest BCUT2D eigenvalue weighted by Crippen LogP contribution is 2.32. The van der Waals surface area contributed by atoms with Crippen LogP contribution in [0.25, 0.3) is 10.6 Å². The van der Waals surface area contributed by atoms with Crippen LogP contribution in [0.5, 0.6) is 0 Å². The first-order valence-electron chi connectivity index (χ1n) is 7.42. The summed E-state index contributed by atoms with van der Waals surface area (Å²) < 4.78 is 32.4. The number of amides is 1. The van der Waals surface area contributed by atoms with Gasteiger partial charge in [-0.15, -0.1) is 11.3 Å². The lowest BCUT2D eigenvalue weighted by atomic mass is 10.1. The summed E-state index contributed by atoms with van der Waals surface area (Å²) in [4.78, 5) is 15.9. The first-order valence-corrected chi connectivity index (χ1v) is 9.68. The summed E-state index contributed by atoms with van der Waals surface area (Å²) in [5.74, 6) is 0.318. The van der Waals surface area contributed by atoms with Crippen LogP contribution in [-0.2, 0) is 14.8 Å². The molecule has 24 heavy (non-hydrogen) atoms. The molecule has 1 aliphatic heterocycles. The maximum Gasteiger partial charge on any atom is 0.252 e. The van der Waals surface area contributed by atoms with Gasteiger partial charge >= 0.3 is 0 Å². The molecule has 1 fully saturated rings. The van der Waals surface area contributed by atoms with Gasteiger partial charge in [-0.3, -0.25) is 4.79 Å². The van der Waals surface area contributed by atoms with Crippen molar-refractivity contribution in [3.05, 3.63) is 37.4 Å². The maximum atomic E-state index is 12.7. The average Bonchev–Trinajstić information content (AvgIpc) is 3.26. The fourth-order valence-electron chi connectivity index (χ4n) is 2.56. The molecule has 1 aliphatic rings. The number of carbonyl (C=O) groups is 1. The van der Waals surface area contributed by atoms with E-state index in [0.29, 0.717) is 31.7 Å². The second kappa shape index (κ2) is 6.88. The average molecular weight is 367 g/mol. The van der Waals surface area contributed by atoms with E-state index in [1.165, 1.54) is 16.8 Å². The molecule has 1 N–H and O–H groups in total. The fourth-order valence-corrected chi connectivity index (χ4v) is 5.44. The number of rotatable bonds is 5. The van der Waals surface area contributed by atoms with Gasteiger partial charge in [-0.2, -0.15) is 4.31 Å². The monoisotopic (exact) mass is 367 g/mol. The smallest absolute Gasteiger partial charge is 0.252 e. The molecule has 3 rings (SSSR count). The third-order valence-electron chi connectivity index (χ3n) is 3.84. The number of piperidine rings is 1. The number of carbonyl (C=O) groups excluding carboxylic acids is 1. The molecule has 1 saturated heterocycles. The van der Waals surface area contributed by atoms with Gasteiger partial charge in [-0.1, -0.05) is 6.58 Å². The zero-order chi connectivity index (χ0) is 17.2. The van der Waals surface area contributed by atoms with Gasteiger partial charge in [0.15, 0.2) is 12.2 Å². The SMILES string of the molecule is C=CC(=O)NC1CCN(S(=O)(=O)c2ccc(-c3cnco3)s2)CC1. The van der Waals surface area contributed by atoms with Crippen LogP contribution < -0.4 is 5.32 Å². The molecule has 3 heterocycles. The van der Waals surface area contributed by atoms with Crippen molar-refractivity contribution in [2.45, 2.75) is 23.1 Å². The molecule has 0 aromatic carbocycles. The minimum absolute atomic E-state index is 0.0185. The summed E-state index contributed by atoms with van der Waals surface area (Å²) in [6.45, 7) is 4.16. The summed E-state index contributed by atoms with van der Waals surface area (Å²) in [6.07, 6.45) is 5.25. The largest absolute Gasteiger partial charge is 0.443 e. The first-order chi connectivity index (χ1) is 11.5. The van der Waals surface area contributed by atoms with Crippen LogP contribution in [0.15, 0.2) is 46.0 Å². The number of oxazole rings is 1. The minimum Gasteiger partial charge on any atom is -0.443 e. The molecular formula is C15H17N3O4S2. The van der Waals surface area contributed by atoms with E-state index in [2.05, 4.69) is 16.9 Å².